The Bertz CT molecular complexity index is 592. The molecule has 1 aromatic carbocycles. The highest BCUT2D eigenvalue weighted by atomic mass is 35.5. The van der Waals surface area contributed by atoms with Crippen LogP contribution < -0.4 is 5.32 Å². The van der Waals surface area contributed by atoms with Gasteiger partial charge in [0.05, 0.1) is 4.92 Å². The Balaban J connectivity index is 2.83. The number of nitrogens with zero attached hydrogens (tertiary/aromatic N) is 2. The van der Waals surface area contributed by atoms with Crippen LogP contribution in [0.1, 0.15) is 33.1 Å². The van der Waals surface area contributed by atoms with E-state index in [1.807, 2.05) is 13.8 Å². The summed E-state index contributed by atoms with van der Waals surface area (Å²) < 4.78 is 0. The number of hydrogen-bond acceptors (Lipinski definition) is 4. The highest BCUT2D eigenvalue weighted by molar-refractivity contribution is 6.39. The molecule has 1 rings (SSSR count). The van der Waals surface area contributed by atoms with Crippen LogP contribution in [0.4, 0.5) is 11.4 Å². The molecule has 2 amide bonds. The average molecular weight is 342 g/mol. The molecule has 126 valence electrons. The van der Waals surface area contributed by atoms with Gasteiger partial charge in [0.2, 0.25) is 0 Å². The van der Waals surface area contributed by atoms with Crippen molar-refractivity contribution in [2.75, 3.05) is 18.4 Å². The predicted molar refractivity (Wildman–Crippen MR) is 88.5 cm³/mol. The molecular formula is C15H20ClN3O4. The minimum Gasteiger partial charge on any atom is -0.334 e. The van der Waals surface area contributed by atoms with E-state index in [-0.39, 0.29) is 16.4 Å². The van der Waals surface area contributed by atoms with E-state index in [4.69, 9.17) is 11.6 Å². The van der Waals surface area contributed by atoms with Crippen molar-refractivity contribution in [3.8, 4) is 0 Å². The van der Waals surface area contributed by atoms with Gasteiger partial charge in [0, 0.05) is 24.8 Å². The van der Waals surface area contributed by atoms with Gasteiger partial charge in [-0.15, -0.1) is 0 Å². The predicted octanol–water partition coefficient (Wildman–Crippen LogP) is 3.23. The first kappa shape index (κ1) is 18.9. The van der Waals surface area contributed by atoms with Crippen LogP contribution >= 0.6 is 11.6 Å². The molecule has 0 saturated carbocycles. The molecule has 0 bridgehead atoms. The molecule has 7 nitrogen and oxygen atoms in total. The average Bonchev–Trinajstić information content (AvgIpc) is 2.52. The number of amides is 2. The van der Waals surface area contributed by atoms with Gasteiger partial charge in [0.25, 0.3) is 5.69 Å². The Morgan fingerprint density at radius 2 is 1.96 bits per heavy atom. The Morgan fingerprint density at radius 1 is 1.26 bits per heavy atom. The largest absolute Gasteiger partial charge is 0.334 e. The maximum atomic E-state index is 12.2. The summed E-state index contributed by atoms with van der Waals surface area (Å²) in [6.07, 6.45) is 2.47. The maximum absolute atomic E-state index is 12.2. The molecule has 0 atom stereocenters. The minimum atomic E-state index is -0.814. The van der Waals surface area contributed by atoms with Crippen LogP contribution in [0, 0.1) is 10.1 Å². The molecule has 1 N–H and O–H groups in total. The number of unbranched alkanes of at least 4 members (excludes halogenated alkanes) is 1. The number of rotatable bonds is 7. The van der Waals surface area contributed by atoms with Gasteiger partial charge in [0.1, 0.15) is 5.02 Å². The van der Waals surface area contributed by atoms with Crippen molar-refractivity contribution in [1.82, 2.24) is 4.90 Å². The van der Waals surface area contributed by atoms with Gasteiger partial charge in [-0.3, -0.25) is 19.7 Å². The van der Waals surface area contributed by atoms with E-state index >= 15 is 0 Å². The van der Waals surface area contributed by atoms with Crippen molar-refractivity contribution in [3.63, 3.8) is 0 Å². The standard InChI is InChI=1S/C15H20ClN3O4/c1-3-5-9-18(8-4-2)15(21)14(20)17-11-6-7-12(16)13(10-11)19(22)23/h6-7,10H,3-5,8-9H2,1-2H3,(H,17,20). The van der Waals surface area contributed by atoms with E-state index in [9.17, 15) is 19.7 Å². The third-order valence-corrected chi connectivity index (χ3v) is 3.48. The lowest BCUT2D eigenvalue weighted by Crippen LogP contribution is -2.40. The summed E-state index contributed by atoms with van der Waals surface area (Å²) in [6, 6.07) is 3.85. The second kappa shape index (κ2) is 9.09. The Morgan fingerprint density at radius 3 is 2.52 bits per heavy atom. The monoisotopic (exact) mass is 341 g/mol. The minimum absolute atomic E-state index is 0.0325. The summed E-state index contributed by atoms with van der Waals surface area (Å²) >= 11 is 5.71. The highest BCUT2D eigenvalue weighted by Gasteiger charge is 2.22. The molecular weight excluding hydrogens is 322 g/mol. The van der Waals surface area contributed by atoms with Crippen LogP contribution in [0.2, 0.25) is 5.02 Å². The molecule has 0 aliphatic heterocycles. The molecule has 0 aromatic heterocycles. The SMILES string of the molecule is CCCCN(CCC)C(=O)C(=O)Nc1ccc(Cl)c([N+](=O)[O-])c1. The zero-order chi connectivity index (χ0) is 17.4. The fourth-order valence-electron chi connectivity index (χ4n) is 1.99. The molecule has 0 fully saturated rings. The fraction of sp³-hybridized carbons (Fsp3) is 0.467. The van der Waals surface area contributed by atoms with E-state index < -0.39 is 16.7 Å². The van der Waals surface area contributed by atoms with E-state index in [0.29, 0.717) is 13.1 Å². The van der Waals surface area contributed by atoms with Crippen LogP contribution in [0.25, 0.3) is 0 Å². The topological polar surface area (TPSA) is 92.6 Å². The number of benzene rings is 1. The summed E-state index contributed by atoms with van der Waals surface area (Å²) in [5.41, 5.74) is -0.167. The number of anilines is 1. The number of hydrogen-bond donors (Lipinski definition) is 1. The first-order valence-electron chi connectivity index (χ1n) is 7.44. The first-order chi connectivity index (χ1) is 10.9. The molecule has 0 aliphatic rings. The van der Waals surface area contributed by atoms with Gasteiger partial charge < -0.3 is 10.2 Å². The van der Waals surface area contributed by atoms with Crippen LogP contribution in [0.15, 0.2) is 18.2 Å². The van der Waals surface area contributed by atoms with Gasteiger partial charge in [-0.05, 0) is 25.0 Å². The van der Waals surface area contributed by atoms with Crippen LogP contribution in [0.5, 0.6) is 0 Å². The molecule has 0 heterocycles. The van der Waals surface area contributed by atoms with E-state index in [0.717, 1.165) is 25.3 Å². The maximum Gasteiger partial charge on any atom is 0.313 e. The number of nitro groups is 1. The lowest BCUT2D eigenvalue weighted by molar-refractivity contribution is -0.384. The molecule has 0 unspecified atom stereocenters. The Labute approximate surface area is 139 Å². The van der Waals surface area contributed by atoms with Crippen LogP contribution in [0.3, 0.4) is 0 Å². The second-order valence-corrected chi connectivity index (χ2v) is 5.43. The van der Waals surface area contributed by atoms with Crippen molar-refractivity contribution < 1.29 is 14.5 Å². The van der Waals surface area contributed by atoms with Gasteiger partial charge in [-0.25, -0.2) is 0 Å². The van der Waals surface area contributed by atoms with Crippen molar-refractivity contribution in [3.05, 3.63) is 33.3 Å². The quantitative estimate of drug-likeness (QED) is 0.468. The normalized spacial score (nSPS) is 10.2. The summed E-state index contributed by atoms with van der Waals surface area (Å²) in [6.45, 7) is 4.93. The van der Waals surface area contributed by atoms with Crippen molar-refractivity contribution in [2.45, 2.75) is 33.1 Å². The molecule has 8 heteroatoms. The lowest BCUT2D eigenvalue weighted by atomic mass is 10.2. The molecule has 0 radical (unpaired) electrons. The smallest absolute Gasteiger partial charge is 0.313 e. The summed E-state index contributed by atoms with van der Waals surface area (Å²) in [5, 5.41) is 13.2. The lowest BCUT2D eigenvalue weighted by Gasteiger charge is -2.21. The second-order valence-electron chi connectivity index (χ2n) is 5.02. The van der Waals surface area contributed by atoms with E-state index in [2.05, 4.69) is 5.32 Å². The van der Waals surface area contributed by atoms with Crippen molar-refractivity contribution >= 4 is 34.8 Å². The third-order valence-electron chi connectivity index (χ3n) is 3.16. The summed E-state index contributed by atoms with van der Waals surface area (Å²) in [5.74, 6) is -1.45. The number of carbonyl (C=O) groups is 2. The van der Waals surface area contributed by atoms with Crippen molar-refractivity contribution in [2.24, 2.45) is 0 Å². The fourth-order valence-corrected chi connectivity index (χ4v) is 2.18. The molecule has 0 aliphatic carbocycles. The molecule has 23 heavy (non-hydrogen) atoms. The van der Waals surface area contributed by atoms with Crippen LogP contribution in [-0.2, 0) is 9.59 Å². The molecule has 0 saturated heterocycles. The summed E-state index contributed by atoms with van der Waals surface area (Å²) in [7, 11) is 0. The number of carbonyl (C=O) groups excluding carboxylic acids is 2. The Kier molecular flexibility index (Phi) is 7.47. The van der Waals surface area contributed by atoms with Gasteiger partial charge in [-0.2, -0.15) is 0 Å². The first-order valence-corrected chi connectivity index (χ1v) is 7.82. The van der Waals surface area contributed by atoms with E-state index in [1.165, 1.54) is 17.0 Å². The zero-order valence-corrected chi connectivity index (χ0v) is 13.9. The third kappa shape index (κ3) is 5.52. The zero-order valence-electron chi connectivity index (χ0n) is 13.2. The van der Waals surface area contributed by atoms with Gasteiger partial charge >= 0.3 is 11.8 Å². The van der Waals surface area contributed by atoms with Gasteiger partial charge in [-0.1, -0.05) is 31.9 Å². The summed E-state index contributed by atoms with van der Waals surface area (Å²) in [4.78, 5) is 35.9. The number of halogens is 1. The number of nitrogens with one attached hydrogen (secondary N) is 1. The van der Waals surface area contributed by atoms with Gasteiger partial charge in [0.15, 0.2) is 0 Å². The molecule has 1 aromatic rings. The van der Waals surface area contributed by atoms with Crippen molar-refractivity contribution in [1.29, 1.82) is 0 Å². The van der Waals surface area contributed by atoms with E-state index in [1.54, 1.807) is 0 Å². The highest BCUT2D eigenvalue weighted by Crippen LogP contribution is 2.27. The Hall–Kier alpha value is -2.15. The number of nitro benzene ring substituents is 1. The molecule has 0 spiro atoms. The van der Waals surface area contributed by atoms with Crippen LogP contribution in [-0.4, -0.2) is 34.7 Å².